The number of para-hydroxylation sites is 2. The van der Waals surface area contributed by atoms with Crippen molar-refractivity contribution in [1.82, 2.24) is 21.7 Å². The highest BCUT2D eigenvalue weighted by Gasteiger charge is 2.48. The van der Waals surface area contributed by atoms with Crippen molar-refractivity contribution in [2.75, 3.05) is 36.2 Å². The molecule has 4 rings (SSSR count). The molecule has 0 bridgehead atoms. The van der Waals surface area contributed by atoms with E-state index in [1.54, 1.807) is 0 Å². The van der Waals surface area contributed by atoms with E-state index in [2.05, 4.69) is 90.6 Å². The summed E-state index contributed by atoms with van der Waals surface area (Å²) in [4.78, 5) is 24.0. The number of hydrazine groups is 2. The number of carbonyl (C=O) groups is 2. The molecule has 47 heavy (non-hydrogen) atoms. The Morgan fingerprint density at radius 1 is 0.574 bits per heavy atom. The number of hydrogen-bond acceptors (Lipinski definition) is 4. The van der Waals surface area contributed by atoms with Crippen molar-refractivity contribution >= 4 is 104 Å². The first kappa shape index (κ1) is 46.2. The first-order chi connectivity index (χ1) is 22.8. The van der Waals surface area contributed by atoms with Crippen molar-refractivity contribution in [3.63, 3.8) is 0 Å². The van der Waals surface area contributed by atoms with Gasteiger partial charge in [-0.2, -0.15) is 0 Å². The van der Waals surface area contributed by atoms with Crippen LogP contribution in [0.4, 0.5) is 11.4 Å². The number of rotatable bonds is 4. The molecule has 0 radical (unpaired) electrons. The number of anilines is 2. The molecule has 2 fully saturated rings. The van der Waals surface area contributed by atoms with Gasteiger partial charge in [-0.1, -0.05) is 67.5 Å². The third-order valence-electron chi connectivity index (χ3n) is 6.52. The molecule has 2 aromatic rings. The number of alkyl halides is 4. The maximum atomic E-state index is 12.3. The maximum absolute atomic E-state index is 12.3. The number of halogens is 4. The monoisotopic (exact) mass is 760 g/mol. The Kier molecular flexibility index (Phi) is 27.6. The number of benzene rings is 2. The normalized spacial score (nSPS) is 13.6. The molecule has 6 N–H and O–H groups in total. The SMILES string of the molecule is C#CC1(C(=O)NNC(=S)Nc2ccccc2)CC1.C#CC1(C(=O)NNC(=S)Nc2ccccc2)CCCCC1.CCl.CCl.CCl.CCl. The Hall–Kier alpha value is -2.96. The van der Waals surface area contributed by atoms with Gasteiger partial charge in [0.25, 0.3) is 11.8 Å². The molecule has 2 aliphatic carbocycles. The first-order valence-electron chi connectivity index (χ1n) is 14.1. The first-order valence-corrected chi connectivity index (χ1v) is 18.0. The summed E-state index contributed by atoms with van der Waals surface area (Å²) in [6.07, 6.45) is 22.8. The van der Waals surface area contributed by atoms with Gasteiger partial charge in [-0.15, -0.1) is 59.3 Å². The summed E-state index contributed by atoms with van der Waals surface area (Å²) in [7, 11) is 0. The number of nitrogens with one attached hydrogen (secondary N) is 6. The van der Waals surface area contributed by atoms with Crippen LogP contribution < -0.4 is 32.3 Å². The van der Waals surface area contributed by atoms with Crippen LogP contribution in [0.25, 0.3) is 0 Å². The van der Waals surface area contributed by atoms with E-state index >= 15 is 0 Å². The van der Waals surface area contributed by atoms with Crippen molar-refractivity contribution in [1.29, 1.82) is 0 Å². The molecule has 2 saturated carbocycles. The molecule has 258 valence electrons. The van der Waals surface area contributed by atoms with E-state index in [0.717, 1.165) is 56.3 Å². The average molecular weight is 763 g/mol. The minimum absolute atomic E-state index is 0.179. The molecular formula is C33H44Cl4N6O2S2. The van der Waals surface area contributed by atoms with Crippen LogP contribution in [0.3, 0.4) is 0 Å². The smallest absolute Gasteiger partial charge is 0.256 e. The van der Waals surface area contributed by atoms with Crippen molar-refractivity contribution < 1.29 is 9.59 Å². The van der Waals surface area contributed by atoms with E-state index in [0.29, 0.717) is 10.2 Å². The van der Waals surface area contributed by atoms with Gasteiger partial charge in [0, 0.05) is 36.9 Å². The van der Waals surface area contributed by atoms with Gasteiger partial charge in [0.2, 0.25) is 0 Å². The number of thiocarbonyl (C=S) groups is 2. The third-order valence-corrected chi connectivity index (χ3v) is 6.93. The molecule has 0 aromatic heterocycles. The van der Waals surface area contributed by atoms with Crippen molar-refractivity contribution in [2.45, 2.75) is 44.9 Å². The zero-order chi connectivity index (χ0) is 36.1. The Balaban J connectivity index is 0. The zero-order valence-corrected chi connectivity index (χ0v) is 31.7. The van der Waals surface area contributed by atoms with Crippen LogP contribution in [0, 0.1) is 35.5 Å². The largest absolute Gasteiger partial charge is 0.331 e. The lowest BCUT2D eigenvalue weighted by Crippen LogP contribution is -2.50. The Labute approximate surface area is 311 Å². The Morgan fingerprint density at radius 3 is 1.19 bits per heavy atom. The fraction of sp³-hybridized carbons (Fsp3) is 0.394. The number of carbonyl (C=O) groups excluding carboxylic acids is 2. The molecule has 2 aliphatic rings. The molecule has 2 amide bonds. The molecule has 0 aliphatic heterocycles. The van der Waals surface area contributed by atoms with Crippen LogP contribution in [0.2, 0.25) is 0 Å². The van der Waals surface area contributed by atoms with Gasteiger partial charge in [-0.25, -0.2) is 0 Å². The Morgan fingerprint density at radius 2 is 0.894 bits per heavy atom. The van der Waals surface area contributed by atoms with E-state index in [4.69, 9.17) is 37.3 Å². The highest BCUT2D eigenvalue weighted by atomic mass is 35.5. The molecule has 2 aromatic carbocycles. The number of amides is 2. The van der Waals surface area contributed by atoms with E-state index in [1.807, 2.05) is 60.7 Å². The summed E-state index contributed by atoms with van der Waals surface area (Å²) >= 11 is 28.7. The summed E-state index contributed by atoms with van der Waals surface area (Å²) in [5.74, 6) is 4.80. The summed E-state index contributed by atoms with van der Waals surface area (Å²) in [6, 6.07) is 18.9. The summed E-state index contributed by atoms with van der Waals surface area (Å²) in [6.45, 7) is 0. The molecular weight excluding hydrogens is 718 g/mol. The van der Waals surface area contributed by atoms with Crippen LogP contribution in [0.1, 0.15) is 44.9 Å². The van der Waals surface area contributed by atoms with Crippen LogP contribution in [0.15, 0.2) is 60.7 Å². The minimum Gasteiger partial charge on any atom is -0.331 e. The van der Waals surface area contributed by atoms with E-state index in [-0.39, 0.29) is 11.8 Å². The lowest BCUT2D eigenvalue weighted by Gasteiger charge is -2.31. The van der Waals surface area contributed by atoms with E-state index in [1.165, 1.54) is 25.5 Å². The van der Waals surface area contributed by atoms with Crippen LogP contribution in [-0.2, 0) is 9.59 Å². The highest BCUT2D eigenvalue weighted by molar-refractivity contribution is 7.80. The van der Waals surface area contributed by atoms with Gasteiger partial charge in [-0.05, 0) is 74.4 Å². The van der Waals surface area contributed by atoms with E-state index < -0.39 is 10.8 Å². The quantitative estimate of drug-likeness (QED) is 0.0828. The third kappa shape index (κ3) is 17.7. The zero-order valence-electron chi connectivity index (χ0n) is 27.0. The highest BCUT2D eigenvalue weighted by Crippen LogP contribution is 2.44. The van der Waals surface area contributed by atoms with Gasteiger partial charge < -0.3 is 10.6 Å². The molecule has 0 heterocycles. The molecule has 0 spiro atoms. The lowest BCUT2D eigenvalue weighted by atomic mass is 9.74. The summed E-state index contributed by atoms with van der Waals surface area (Å²) < 4.78 is 0. The van der Waals surface area contributed by atoms with Crippen LogP contribution >= 0.6 is 70.8 Å². The summed E-state index contributed by atoms with van der Waals surface area (Å²) in [5.41, 5.74) is 10.9. The second-order valence-electron chi connectivity index (χ2n) is 9.31. The van der Waals surface area contributed by atoms with E-state index in [9.17, 15) is 9.59 Å². The van der Waals surface area contributed by atoms with Crippen molar-refractivity contribution in [3.8, 4) is 24.7 Å². The maximum Gasteiger partial charge on any atom is 0.256 e. The standard InChI is InChI=1S/C16H19N3OS.C13H13N3OS.4CH3Cl/c1-2-16(11-7-4-8-12-16)14(20)18-19-15(21)17-13-9-5-3-6-10-13;1-2-13(8-9-13)11(17)15-16-12(18)14-10-6-4-3-5-7-10;4*1-2/h1,3,5-6,9-10H,4,7-8,11-12H2,(H,18,20)(H2,17,19,21);1,3-7H,8-9H2,(H,15,17)(H2,14,16,18);4*1H3. The average Bonchev–Trinajstić information content (AvgIpc) is 3.96. The molecule has 8 nitrogen and oxygen atoms in total. The lowest BCUT2D eigenvalue weighted by molar-refractivity contribution is -0.130. The topological polar surface area (TPSA) is 106 Å². The predicted molar refractivity (Wildman–Crippen MR) is 210 cm³/mol. The molecule has 14 heteroatoms. The summed E-state index contributed by atoms with van der Waals surface area (Å²) in [5, 5.41) is 6.58. The fourth-order valence-corrected chi connectivity index (χ4v) is 4.33. The van der Waals surface area contributed by atoms with Crippen molar-refractivity contribution in [2.24, 2.45) is 10.8 Å². The minimum atomic E-state index is -0.701. The molecule has 0 saturated heterocycles. The second-order valence-corrected chi connectivity index (χ2v) is 10.1. The molecule has 0 atom stereocenters. The second kappa shape index (κ2) is 28.1. The van der Waals surface area contributed by atoms with Gasteiger partial charge in [-0.3, -0.25) is 31.3 Å². The predicted octanol–water partition coefficient (Wildman–Crippen LogP) is 7.43. The number of hydrogen-bond donors (Lipinski definition) is 6. The van der Waals surface area contributed by atoms with Gasteiger partial charge in [0.1, 0.15) is 10.8 Å². The van der Waals surface area contributed by atoms with Crippen LogP contribution in [-0.4, -0.2) is 47.6 Å². The Bertz CT molecular complexity index is 1270. The number of terminal acetylenes is 2. The van der Waals surface area contributed by atoms with Crippen LogP contribution in [0.5, 0.6) is 0 Å². The van der Waals surface area contributed by atoms with Gasteiger partial charge >= 0.3 is 0 Å². The molecule has 0 unspecified atom stereocenters. The van der Waals surface area contributed by atoms with Gasteiger partial charge in [0.15, 0.2) is 10.2 Å². The van der Waals surface area contributed by atoms with Crippen molar-refractivity contribution in [3.05, 3.63) is 60.7 Å². The van der Waals surface area contributed by atoms with Gasteiger partial charge in [0.05, 0.1) is 0 Å². The fourth-order valence-electron chi connectivity index (χ4n) is 3.99.